The molecule has 2 rings (SSSR count). The Morgan fingerprint density at radius 2 is 1.92 bits per heavy atom. The van der Waals surface area contributed by atoms with Crippen LogP contribution in [0.2, 0.25) is 0 Å². The Kier molecular flexibility index (Phi) is 6.39. The summed E-state index contributed by atoms with van der Waals surface area (Å²) in [6.07, 6.45) is 1.91. The molecule has 0 radical (unpaired) electrons. The predicted octanol–water partition coefficient (Wildman–Crippen LogP) is 3.75. The first-order valence-corrected chi connectivity index (χ1v) is 9.54. The van der Waals surface area contributed by atoms with Crippen LogP contribution >= 0.6 is 23.5 Å². The number of hydrogen-bond acceptors (Lipinski definition) is 6. The lowest BCUT2D eigenvalue weighted by atomic mass is 10.1. The topological polar surface area (TPSA) is 72.0 Å². The fourth-order valence-electron chi connectivity index (χ4n) is 2.14. The molecule has 0 spiro atoms. The van der Waals surface area contributed by atoms with Crippen molar-refractivity contribution in [2.75, 3.05) is 17.3 Å². The molecule has 0 fully saturated rings. The number of carbonyl (C=O) groups excluding carboxylic acids is 2. The number of nitrogens with one attached hydrogen (secondary N) is 1. The minimum Gasteiger partial charge on any atom is -0.325 e. The van der Waals surface area contributed by atoms with Crippen LogP contribution in [0, 0.1) is 13.8 Å². The van der Waals surface area contributed by atoms with E-state index in [-0.39, 0.29) is 11.7 Å². The zero-order chi connectivity index (χ0) is 17.7. The van der Waals surface area contributed by atoms with Crippen LogP contribution in [0.5, 0.6) is 0 Å². The lowest BCUT2D eigenvalue weighted by molar-refractivity contribution is -0.114. The Balaban J connectivity index is 2.10. The highest BCUT2D eigenvalue weighted by atomic mass is 32.2. The second-order valence-electron chi connectivity index (χ2n) is 5.20. The SMILES string of the molecule is CSc1cc(C(=O)CSc2cc(C)nc(C)n2)ccc1NC(C)=O. The largest absolute Gasteiger partial charge is 0.325 e. The van der Waals surface area contributed by atoms with Gasteiger partial charge in [-0.25, -0.2) is 9.97 Å². The van der Waals surface area contributed by atoms with Gasteiger partial charge >= 0.3 is 0 Å². The van der Waals surface area contributed by atoms with E-state index in [2.05, 4.69) is 15.3 Å². The van der Waals surface area contributed by atoms with E-state index in [1.807, 2.05) is 32.2 Å². The molecule has 0 aliphatic rings. The summed E-state index contributed by atoms with van der Waals surface area (Å²) < 4.78 is 0. The minimum absolute atomic E-state index is 0.0265. The summed E-state index contributed by atoms with van der Waals surface area (Å²) in [5.41, 5.74) is 2.24. The molecule has 7 heteroatoms. The number of hydrogen-bond donors (Lipinski definition) is 1. The van der Waals surface area contributed by atoms with E-state index in [9.17, 15) is 9.59 Å². The van der Waals surface area contributed by atoms with Crippen LogP contribution in [0.25, 0.3) is 0 Å². The van der Waals surface area contributed by atoms with Crippen LogP contribution in [-0.4, -0.2) is 33.7 Å². The van der Waals surface area contributed by atoms with Crippen molar-refractivity contribution in [1.29, 1.82) is 0 Å². The molecule has 0 bridgehead atoms. The Morgan fingerprint density at radius 1 is 1.17 bits per heavy atom. The van der Waals surface area contributed by atoms with Crippen LogP contribution in [0.3, 0.4) is 0 Å². The molecule has 5 nitrogen and oxygen atoms in total. The van der Waals surface area contributed by atoms with E-state index in [1.54, 1.807) is 12.1 Å². The van der Waals surface area contributed by atoms with Crippen LogP contribution in [0.4, 0.5) is 5.69 Å². The number of nitrogens with zero attached hydrogens (tertiary/aromatic N) is 2. The molecule has 1 aromatic carbocycles. The molecule has 126 valence electrons. The first-order valence-electron chi connectivity index (χ1n) is 7.33. The molecule has 0 atom stereocenters. The number of anilines is 1. The van der Waals surface area contributed by atoms with Crippen LogP contribution in [0.15, 0.2) is 34.2 Å². The van der Waals surface area contributed by atoms with Gasteiger partial charge in [0.1, 0.15) is 10.9 Å². The molecule has 0 unspecified atom stereocenters. The average Bonchev–Trinajstić information content (AvgIpc) is 2.51. The molecule has 1 amide bonds. The highest BCUT2D eigenvalue weighted by molar-refractivity contribution is 8.00. The maximum absolute atomic E-state index is 12.4. The van der Waals surface area contributed by atoms with Gasteiger partial charge in [-0.1, -0.05) is 11.8 Å². The lowest BCUT2D eigenvalue weighted by Gasteiger charge is -2.10. The Morgan fingerprint density at radius 3 is 2.54 bits per heavy atom. The molecule has 24 heavy (non-hydrogen) atoms. The summed E-state index contributed by atoms with van der Waals surface area (Å²) in [7, 11) is 0. The third kappa shape index (κ3) is 5.07. The maximum Gasteiger partial charge on any atom is 0.221 e. The minimum atomic E-state index is -0.130. The molecular weight excluding hydrogens is 342 g/mol. The van der Waals surface area contributed by atoms with Crippen molar-refractivity contribution in [1.82, 2.24) is 9.97 Å². The van der Waals surface area contributed by atoms with E-state index in [1.165, 1.54) is 30.4 Å². The first kappa shape index (κ1) is 18.5. The van der Waals surface area contributed by atoms with Crippen molar-refractivity contribution in [3.8, 4) is 0 Å². The van der Waals surface area contributed by atoms with Gasteiger partial charge in [0.2, 0.25) is 5.91 Å². The summed E-state index contributed by atoms with van der Waals surface area (Å²) in [6.45, 7) is 5.21. The molecule has 0 saturated heterocycles. The second kappa shape index (κ2) is 8.30. The van der Waals surface area contributed by atoms with Gasteiger partial charge in [0.25, 0.3) is 0 Å². The maximum atomic E-state index is 12.4. The Hall–Kier alpha value is -1.86. The summed E-state index contributed by atoms with van der Waals surface area (Å²) in [5, 5.41) is 3.57. The normalized spacial score (nSPS) is 10.5. The number of carbonyl (C=O) groups is 2. The van der Waals surface area contributed by atoms with E-state index < -0.39 is 0 Å². The van der Waals surface area contributed by atoms with Gasteiger partial charge in [-0.05, 0) is 44.4 Å². The van der Waals surface area contributed by atoms with E-state index in [4.69, 9.17) is 0 Å². The smallest absolute Gasteiger partial charge is 0.221 e. The van der Waals surface area contributed by atoms with Gasteiger partial charge in [-0.3, -0.25) is 9.59 Å². The third-order valence-corrected chi connectivity index (χ3v) is 4.82. The van der Waals surface area contributed by atoms with Crippen LogP contribution < -0.4 is 5.32 Å². The summed E-state index contributed by atoms with van der Waals surface area (Å²) >= 11 is 2.90. The van der Waals surface area contributed by atoms with Gasteiger partial charge in [0.15, 0.2) is 5.78 Å². The van der Waals surface area contributed by atoms with Gasteiger partial charge in [0.05, 0.1) is 11.4 Å². The van der Waals surface area contributed by atoms with Crippen molar-refractivity contribution < 1.29 is 9.59 Å². The molecule has 1 N–H and O–H groups in total. The monoisotopic (exact) mass is 361 g/mol. The number of benzene rings is 1. The molecule has 0 saturated carbocycles. The van der Waals surface area contributed by atoms with Gasteiger partial charge in [0, 0.05) is 23.1 Å². The summed E-state index contributed by atoms with van der Waals surface area (Å²) in [4.78, 5) is 33.1. The number of aryl methyl sites for hydroxylation is 2. The standard InChI is InChI=1S/C17H19N3O2S2/c1-10-7-17(19-11(2)18-10)24-9-15(22)13-5-6-14(20-12(3)21)16(8-13)23-4/h5-8H,9H2,1-4H3,(H,20,21). The zero-order valence-corrected chi connectivity index (χ0v) is 15.7. The van der Waals surface area contributed by atoms with Crippen LogP contribution in [-0.2, 0) is 4.79 Å². The van der Waals surface area contributed by atoms with Crippen LogP contribution in [0.1, 0.15) is 28.8 Å². The summed E-state index contributed by atoms with van der Waals surface area (Å²) in [6, 6.07) is 7.20. The quantitative estimate of drug-likeness (QED) is 0.480. The second-order valence-corrected chi connectivity index (χ2v) is 7.05. The van der Waals surface area contributed by atoms with Gasteiger partial charge in [-0.2, -0.15) is 0 Å². The van der Waals surface area contributed by atoms with E-state index >= 15 is 0 Å². The number of aromatic nitrogens is 2. The number of Topliss-reactive ketones (excluding diaryl/α,β-unsaturated/α-hetero) is 1. The fourth-order valence-corrected chi connectivity index (χ4v) is 3.62. The molecule has 0 aliphatic carbocycles. The van der Waals surface area contributed by atoms with E-state index in [0.29, 0.717) is 17.1 Å². The van der Waals surface area contributed by atoms with Crippen molar-refractivity contribution in [2.24, 2.45) is 0 Å². The Labute approximate surface area is 150 Å². The Bertz CT molecular complexity index is 758. The molecule has 1 aromatic heterocycles. The van der Waals surface area contributed by atoms with Crippen molar-refractivity contribution in [2.45, 2.75) is 30.7 Å². The highest BCUT2D eigenvalue weighted by Gasteiger charge is 2.12. The number of amides is 1. The molecule has 1 heterocycles. The lowest BCUT2D eigenvalue weighted by Crippen LogP contribution is -2.08. The number of rotatable bonds is 6. The zero-order valence-electron chi connectivity index (χ0n) is 14.0. The van der Waals surface area contributed by atoms with Crippen molar-refractivity contribution in [3.63, 3.8) is 0 Å². The number of thioether (sulfide) groups is 2. The predicted molar refractivity (Wildman–Crippen MR) is 99.1 cm³/mol. The average molecular weight is 361 g/mol. The first-order chi connectivity index (χ1) is 11.4. The summed E-state index contributed by atoms with van der Waals surface area (Å²) in [5.74, 6) is 0.908. The third-order valence-electron chi connectivity index (χ3n) is 3.13. The van der Waals surface area contributed by atoms with Gasteiger partial charge < -0.3 is 5.32 Å². The van der Waals surface area contributed by atoms with Crippen molar-refractivity contribution in [3.05, 3.63) is 41.3 Å². The van der Waals surface area contributed by atoms with Gasteiger partial charge in [-0.15, -0.1) is 11.8 Å². The van der Waals surface area contributed by atoms with Crippen molar-refractivity contribution >= 4 is 40.9 Å². The molecule has 2 aromatic rings. The molecular formula is C17H19N3O2S2. The fraction of sp³-hybridized carbons (Fsp3) is 0.294. The van der Waals surface area contributed by atoms with E-state index in [0.717, 1.165) is 21.3 Å². The number of ketones is 1. The highest BCUT2D eigenvalue weighted by Crippen LogP contribution is 2.27. The molecule has 0 aliphatic heterocycles.